The molecule has 0 aromatic heterocycles. The molecule has 0 bridgehead atoms. The summed E-state index contributed by atoms with van der Waals surface area (Å²) in [5, 5.41) is 2.95. The molecule has 2 saturated carbocycles. The Labute approximate surface area is 122 Å². The van der Waals surface area contributed by atoms with E-state index in [0.717, 1.165) is 19.3 Å². The summed E-state index contributed by atoms with van der Waals surface area (Å²) in [6, 6.07) is 0.0595. The molecule has 3 N–H and O–H groups in total. The van der Waals surface area contributed by atoms with Crippen LogP contribution in [0.25, 0.3) is 0 Å². The maximum Gasteiger partial charge on any atom is 0.224 e. The maximum atomic E-state index is 11.9. The van der Waals surface area contributed by atoms with E-state index in [1.54, 1.807) is 0 Å². The summed E-state index contributed by atoms with van der Waals surface area (Å²) in [7, 11) is 0. The Bertz CT molecular complexity index is 270. The van der Waals surface area contributed by atoms with E-state index in [4.69, 9.17) is 10.5 Å². The zero-order valence-electron chi connectivity index (χ0n) is 11.6. The number of ether oxygens (including phenoxy) is 1. The van der Waals surface area contributed by atoms with Gasteiger partial charge in [-0.15, -0.1) is 12.4 Å². The number of rotatable bonds is 5. The van der Waals surface area contributed by atoms with E-state index >= 15 is 0 Å². The van der Waals surface area contributed by atoms with Crippen molar-refractivity contribution >= 4 is 18.3 Å². The van der Waals surface area contributed by atoms with E-state index in [2.05, 4.69) is 5.32 Å². The van der Waals surface area contributed by atoms with E-state index in [1.165, 1.54) is 32.1 Å². The average Bonchev–Trinajstić information content (AvgIpc) is 2.82. The van der Waals surface area contributed by atoms with E-state index in [0.29, 0.717) is 19.3 Å². The van der Waals surface area contributed by atoms with Gasteiger partial charge in [0.15, 0.2) is 0 Å². The molecule has 0 aromatic rings. The smallest absolute Gasteiger partial charge is 0.224 e. The molecule has 112 valence electrons. The summed E-state index contributed by atoms with van der Waals surface area (Å²) in [5.74, 6) is 0.145. The van der Waals surface area contributed by atoms with Gasteiger partial charge in [0.25, 0.3) is 0 Å². The van der Waals surface area contributed by atoms with Gasteiger partial charge in [-0.05, 0) is 25.7 Å². The Morgan fingerprint density at radius 1 is 1.11 bits per heavy atom. The van der Waals surface area contributed by atoms with Gasteiger partial charge in [-0.25, -0.2) is 0 Å². The molecule has 2 rings (SSSR count). The molecular weight excluding hydrogens is 264 g/mol. The summed E-state index contributed by atoms with van der Waals surface area (Å²) in [4.78, 5) is 11.9. The fourth-order valence-corrected chi connectivity index (χ4v) is 3.08. The van der Waals surface area contributed by atoms with Crippen molar-refractivity contribution in [3.8, 4) is 0 Å². The molecule has 0 aromatic carbocycles. The average molecular weight is 291 g/mol. The van der Waals surface area contributed by atoms with Gasteiger partial charge in [-0.1, -0.05) is 25.7 Å². The van der Waals surface area contributed by atoms with Crippen molar-refractivity contribution in [2.45, 2.75) is 63.5 Å². The first-order chi connectivity index (χ1) is 8.77. The van der Waals surface area contributed by atoms with Gasteiger partial charge in [0.1, 0.15) is 0 Å². The van der Waals surface area contributed by atoms with Crippen molar-refractivity contribution < 1.29 is 9.53 Å². The lowest BCUT2D eigenvalue weighted by Gasteiger charge is -2.22. The normalized spacial score (nSPS) is 27.8. The fraction of sp³-hybridized carbons (Fsp3) is 0.929. The molecule has 2 unspecified atom stereocenters. The highest BCUT2D eigenvalue weighted by molar-refractivity contribution is 5.85. The first-order valence-corrected chi connectivity index (χ1v) is 7.42. The first kappa shape index (κ1) is 16.7. The largest absolute Gasteiger partial charge is 0.376 e. The van der Waals surface area contributed by atoms with Gasteiger partial charge in [0.2, 0.25) is 5.91 Å². The van der Waals surface area contributed by atoms with Gasteiger partial charge in [0.05, 0.1) is 18.6 Å². The van der Waals surface area contributed by atoms with Gasteiger partial charge >= 0.3 is 0 Å². The second-order valence-electron chi connectivity index (χ2n) is 5.62. The molecular formula is C14H27ClN2O2. The Morgan fingerprint density at radius 2 is 1.84 bits per heavy atom. The van der Waals surface area contributed by atoms with Gasteiger partial charge in [-0.2, -0.15) is 0 Å². The van der Waals surface area contributed by atoms with Crippen LogP contribution in [0.3, 0.4) is 0 Å². The zero-order valence-corrected chi connectivity index (χ0v) is 12.4. The summed E-state index contributed by atoms with van der Waals surface area (Å²) < 4.78 is 5.78. The minimum absolute atomic E-state index is 0. The maximum absolute atomic E-state index is 11.9. The molecule has 2 aliphatic carbocycles. The molecule has 0 saturated heterocycles. The highest BCUT2D eigenvalue weighted by atomic mass is 35.5. The number of carbonyl (C=O) groups is 1. The standard InChI is InChI=1S/C14H26N2O2.ClH/c15-13-8-4-7-12(13)14(17)16-9-10-18-11-5-2-1-3-6-11;/h11-13H,1-10,15H2,(H,16,17);1H. The minimum atomic E-state index is 0. The Morgan fingerprint density at radius 3 is 2.47 bits per heavy atom. The topological polar surface area (TPSA) is 64.4 Å². The van der Waals surface area contributed by atoms with Crippen LogP contribution in [-0.4, -0.2) is 31.2 Å². The third kappa shape index (κ3) is 5.28. The Kier molecular flexibility index (Phi) is 7.73. The SMILES string of the molecule is Cl.NC1CCCC1C(=O)NCCOC1CCCCC1. The molecule has 2 atom stereocenters. The zero-order chi connectivity index (χ0) is 12.8. The van der Waals surface area contributed by atoms with E-state index in [9.17, 15) is 4.79 Å². The number of hydrogen-bond donors (Lipinski definition) is 2. The predicted octanol–water partition coefficient (Wildman–Crippen LogP) is 2.00. The van der Waals surface area contributed by atoms with Crippen LogP contribution in [0.15, 0.2) is 0 Å². The van der Waals surface area contributed by atoms with Crippen molar-refractivity contribution in [3.63, 3.8) is 0 Å². The van der Waals surface area contributed by atoms with Crippen molar-refractivity contribution in [3.05, 3.63) is 0 Å². The fourth-order valence-electron chi connectivity index (χ4n) is 3.08. The quantitative estimate of drug-likeness (QED) is 0.761. The predicted molar refractivity (Wildman–Crippen MR) is 78.4 cm³/mol. The van der Waals surface area contributed by atoms with Crippen LogP contribution in [-0.2, 0) is 9.53 Å². The van der Waals surface area contributed by atoms with Crippen molar-refractivity contribution in [1.82, 2.24) is 5.32 Å². The van der Waals surface area contributed by atoms with Crippen molar-refractivity contribution in [2.75, 3.05) is 13.2 Å². The third-order valence-electron chi connectivity index (χ3n) is 4.21. The highest BCUT2D eigenvalue weighted by Crippen LogP contribution is 2.24. The van der Waals surface area contributed by atoms with Crippen LogP contribution < -0.4 is 11.1 Å². The lowest BCUT2D eigenvalue weighted by atomic mass is 9.98. The molecule has 2 aliphatic rings. The number of amides is 1. The number of nitrogens with two attached hydrogens (primary N) is 1. The lowest BCUT2D eigenvalue weighted by Crippen LogP contribution is -2.40. The van der Waals surface area contributed by atoms with Gasteiger partial charge in [-0.3, -0.25) is 4.79 Å². The second kappa shape index (κ2) is 8.77. The number of halogens is 1. The molecule has 2 fully saturated rings. The Hall–Kier alpha value is -0.320. The molecule has 1 amide bonds. The second-order valence-corrected chi connectivity index (χ2v) is 5.62. The van der Waals surface area contributed by atoms with Crippen LogP contribution >= 0.6 is 12.4 Å². The van der Waals surface area contributed by atoms with Crippen LogP contribution in [0.1, 0.15) is 51.4 Å². The summed E-state index contributed by atoms with van der Waals surface area (Å²) in [6.07, 6.45) is 9.70. The van der Waals surface area contributed by atoms with Crippen LogP contribution in [0, 0.1) is 5.92 Å². The van der Waals surface area contributed by atoms with Gasteiger partial charge < -0.3 is 15.8 Å². The van der Waals surface area contributed by atoms with Crippen LogP contribution in [0.2, 0.25) is 0 Å². The van der Waals surface area contributed by atoms with E-state index < -0.39 is 0 Å². The molecule has 0 radical (unpaired) electrons. The number of carbonyl (C=O) groups excluding carboxylic acids is 1. The Balaban J connectivity index is 0.00000180. The lowest BCUT2D eigenvalue weighted by molar-refractivity contribution is -0.125. The third-order valence-corrected chi connectivity index (χ3v) is 4.21. The number of hydrogen-bond acceptors (Lipinski definition) is 3. The van der Waals surface area contributed by atoms with Crippen LogP contribution in [0.4, 0.5) is 0 Å². The highest BCUT2D eigenvalue weighted by Gasteiger charge is 2.29. The minimum Gasteiger partial charge on any atom is -0.376 e. The van der Waals surface area contributed by atoms with E-state index in [-0.39, 0.29) is 30.3 Å². The van der Waals surface area contributed by atoms with E-state index in [1.807, 2.05) is 0 Å². The summed E-state index contributed by atoms with van der Waals surface area (Å²) in [6.45, 7) is 1.26. The molecule has 0 aliphatic heterocycles. The number of nitrogens with one attached hydrogen (secondary N) is 1. The summed E-state index contributed by atoms with van der Waals surface area (Å²) in [5.41, 5.74) is 5.91. The van der Waals surface area contributed by atoms with Crippen LogP contribution in [0.5, 0.6) is 0 Å². The van der Waals surface area contributed by atoms with Crippen molar-refractivity contribution in [2.24, 2.45) is 11.7 Å². The molecule has 0 heterocycles. The first-order valence-electron chi connectivity index (χ1n) is 7.42. The molecule has 5 heteroatoms. The van der Waals surface area contributed by atoms with Crippen molar-refractivity contribution in [1.29, 1.82) is 0 Å². The summed E-state index contributed by atoms with van der Waals surface area (Å²) >= 11 is 0. The monoisotopic (exact) mass is 290 g/mol. The molecule has 19 heavy (non-hydrogen) atoms. The molecule has 4 nitrogen and oxygen atoms in total. The molecule has 0 spiro atoms. The van der Waals surface area contributed by atoms with Gasteiger partial charge in [0, 0.05) is 12.6 Å².